The minimum Gasteiger partial charge on any atom is -0.378 e. The standard InChI is InChI=1S/C18H24N4O7S/c23-17(5-6-18(24)20-11-13-29-14-12-20)19-7-9-21(10-8-19)30(27,28)16-3-1-15(2-4-16)22(25)26/h1-4H,5-14H2. The Kier molecular flexibility index (Phi) is 7.00. The molecule has 2 saturated heterocycles. The van der Waals surface area contributed by atoms with Crippen LogP contribution in [0.3, 0.4) is 0 Å². The first-order chi connectivity index (χ1) is 14.3. The first-order valence-electron chi connectivity index (χ1n) is 9.67. The maximum absolute atomic E-state index is 12.7. The van der Waals surface area contributed by atoms with Crippen molar-refractivity contribution in [2.75, 3.05) is 52.5 Å². The normalized spacial score (nSPS) is 18.3. The number of amides is 2. The Labute approximate surface area is 174 Å². The van der Waals surface area contributed by atoms with Crippen molar-refractivity contribution >= 4 is 27.5 Å². The van der Waals surface area contributed by atoms with Crippen molar-refractivity contribution in [3.05, 3.63) is 34.4 Å². The van der Waals surface area contributed by atoms with Crippen molar-refractivity contribution in [2.24, 2.45) is 0 Å². The van der Waals surface area contributed by atoms with E-state index in [1.165, 1.54) is 16.4 Å². The Bertz CT molecular complexity index is 890. The van der Waals surface area contributed by atoms with Crippen molar-refractivity contribution < 1.29 is 27.7 Å². The maximum atomic E-state index is 12.7. The van der Waals surface area contributed by atoms with Gasteiger partial charge in [-0.25, -0.2) is 8.42 Å². The van der Waals surface area contributed by atoms with Crippen LogP contribution in [0.5, 0.6) is 0 Å². The number of sulfonamides is 1. The second-order valence-corrected chi connectivity index (χ2v) is 8.97. The number of nitro benzene ring substituents is 1. The molecule has 0 spiro atoms. The molecule has 164 valence electrons. The lowest BCUT2D eigenvalue weighted by Crippen LogP contribution is -2.50. The van der Waals surface area contributed by atoms with E-state index >= 15 is 0 Å². The Morgan fingerprint density at radius 1 is 0.900 bits per heavy atom. The van der Waals surface area contributed by atoms with Gasteiger partial charge in [0.05, 0.1) is 23.0 Å². The molecule has 1 aromatic carbocycles. The highest BCUT2D eigenvalue weighted by Crippen LogP contribution is 2.21. The van der Waals surface area contributed by atoms with Gasteiger partial charge in [-0.1, -0.05) is 0 Å². The van der Waals surface area contributed by atoms with Gasteiger partial charge in [-0.3, -0.25) is 19.7 Å². The summed E-state index contributed by atoms with van der Waals surface area (Å²) in [5.74, 6) is -0.255. The second-order valence-electron chi connectivity index (χ2n) is 7.03. The highest BCUT2D eigenvalue weighted by Gasteiger charge is 2.30. The number of hydrogen-bond acceptors (Lipinski definition) is 7. The monoisotopic (exact) mass is 440 g/mol. The van der Waals surface area contributed by atoms with Gasteiger partial charge in [-0.05, 0) is 12.1 Å². The van der Waals surface area contributed by atoms with Gasteiger partial charge < -0.3 is 14.5 Å². The predicted molar refractivity (Wildman–Crippen MR) is 105 cm³/mol. The average Bonchev–Trinajstić information content (AvgIpc) is 2.78. The van der Waals surface area contributed by atoms with E-state index in [0.29, 0.717) is 26.3 Å². The number of carbonyl (C=O) groups excluding carboxylic acids is 2. The van der Waals surface area contributed by atoms with Crippen molar-refractivity contribution in [1.82, 2.24) is 14.1 Å². The molecule has 2 aliphatic rings. The quantitative estimate of drug-likeness (QED) is 0.452. The minimum absolute atomic E-state index is 0.0241. The van der Waals surface area contributed by atoms with Crippen LogP contribution >= 0.6 is 0 Å². The van der Waals surface area contributed by atoms with Gasteiger partial charge in [-0.15, -0.1) is 0 Å². The van der Waals surface area contributed by atoms with Gasteiger partial charge in [0.15, 0.2) is 0 Å². The van der Waals surface area contributed by atoms with Crippen molar-refractivity contribution in [2.45, 2.75) is 17.7 Å². The zero-order chi connectivity index (χ0) is 21.7. The Balaban J connectivity index is 1.50. The number of benzene rings is 1. The van der Waals surface area contributed by atoms with E-state index in [-0.39, 0.29) is 61.4 Å². The summed E-state index contributed by atoms with van der Waals surface area (Å²) in [4.78, 5) is 37.9. The van der Waals surface area contributed by atoms with Crippen molar-refractivity contribution in [3.63, 3.8) is 0 Å². The van der Waals surface area contributed by atoms with Gasteiger partial charge in [0.25, 0.3) is 5.69 Å². The molecule has 0 radical (unpaired) electrons. The summed E-state index contributed by atoms with van der Waals surface area (Å²) in [7, 11) is -3.79. The van der Waals surface area contributed by atoms with Gasteiger partial charge in [-0.2, -0.15) is 4.31 Å². The van der Waals surface area contributed by atoms with E-state index in [9.17, 15) is 28.1 Å². The van der Waals surface area contributed by atoms with Gasteiger partial charge in [0.2, 0.25) is 21.8 Å². The highest BCUT2D eigenvalue weighted by atomic mass is 32.2. The van der Waals surface area contributed by atoms with Crippen LogP contribution in [0.25, 0.3) is 0 Å². The molecule has 0 unspecified atom stereocenters. The van der Waals surface area contributed by atoms with Crippen molar-refractivity contribution in [3.8, 4) is 0 Å². The number of non-ortho nitro benzene ring substituents is 1. The molecule has 0 N–H and O–H groups in total. The summed E-state index contributed by atoms with van der Waals surface area (Å²) in [5, 5.41) is 10.7. The lowest BCUT2D eigenvalue weighted by atomic mass is 10.2. The predicted octanol–water partition coefficient (Wildman–Crippen LogP) is 0.0667. The maximum Gasteiger partial charge on any atom is 0.269 e. The number of carbonyl (C=O) groups is 2. The van der Waals surface area contributed by atoms with Gasteiger partial charge in [0.1, 0.15) is 0 Å². The Hall–Kier alpha value is -2.57. The van der Waals surface area contributed by atoms with Crippen LogP contribution in [0.4, 0.5) is 5.69 Å². The molecular weight excluding hydrogens is 416 g/mol. The number of ether oxygens (including phenoxy) is 1. The lowest BCUT2D eigenvalue weighted by molar-refractivity contribution is -0.384. The van der Waals surface area contributed by atoms with Crippen LogP contribution in [-0.2, 0) is 24.3 Å². The molecule has 12 heteroatoms. The molecule has 0 bridgehead atoms. The SMILES string of the molecule is O=C(CCC(=O)N1CCN(S(=O)(=O)c2ccc([N+](=O)[O-])cc2)CC1)N1CCOCC1. The number of nitrogens with zero attached hydrogens (tertiary/aromatic N) is 4. The number of morpholine rings is 1. The van der Waals surface area contributed by atoms with Crippen LogP contribution in [0.2, 0.25) is 0 Å². The zero-order valence-corrected chi connectivity index (χ0v) is 17.3. The molecule has 0 aromatic heterocycles. The highest BCUT2D eigenvalue weighted by molar-refractivity contribution is 7.89. The molecule has 2 aliphatic heterocycles. The summed E-state index contributed by atoms with van der Waals surface area (Å²) >= 11 is 0. The molecule has 1 aromatic rings. The van der Waals surface area contributed by atoms with Gasteiger partial charge >= 0.3 is 0 Å². The van der Waals surface area contributed by atoms with Crippen LogP contribution in [0.15, 0.2) is 29.2 Å². The molecule has 30 heavy (non-hydrogen) atoms. The van der Waals surface area contributed by atoms with Crippen LogP contribution in [-0.4, -0.2) is 91.7 Å². The third kappa shape index (κ3) is 5.12. The summed E-state index contributed by atoms with van der Waals surface area (Å²) in [6, 6.07) is 4.72. The molecule has 0 atom stereocenters. The first-order valence-corrected chi connectivity index (χ1v) is 11.1. The molecule has 0 saturated carbocycles. The molecule has 11 nitrogen and oxygen atoms in total. The van der Waals surface area contributed by atoms with E-state index in [1.807, 2.05) is 0 Å². The van der Waals surface area contributed by atoms with E-state index in [4.69, 9.17) is 4.74 Å². The third-order valence-corrected chi connectivity index (χ3v) is 7.11. The number of nitro groups is 1. The van der Waals surface area contributed by atoms with Crippen LogP contribution < -0.4 is 0 Å². The third-order valence-electron chi connectivity index (χ3n) is 5.19. The topological polar surface area (TPSA) is 130 Å². The molecule has 0 aliphatic carbocycles. The van der Waals surface area contributed by atoms with Gasteiger partial charge in [0, 0.05) is 64.2 Å². The number of rotatable bonds is 6. The fraction of sp³-hybridized carbons (Fsp3) is 0.556. The summed E-state index contributed by atoms with van der Waals surface area (Å²) < 4.78 is 31.9. The van der Waals surface area contributed by atoms with E-state index in [0.717, 1.165) is 12.1 Å². The largest absolute Gasteiger partial charge is 0.378 e. The van der Waals surface area contributed by atoms with Crippen molar-refractivity contribution in [1.29, 1.82) is 0 Å². The van der Waals surface area contributed by atoms with E-state index in [1.54, 1.807) is 9.80 Å². The number of hydrogen-bond donors (Lipinski definition) is 0. The summed E-state index contributed by atoms with van der Waals surface area (Å²) in [6.07, 6.45) is 0.214. The van der Waals surface area contributed by atoms with Crippen LogP contribution in [0.1, 0.15) is 12.8 Å². The second kappa shape index (κ2) is 9.49. The van der Waals surface area contributed by atoms with E-state index in [2.05, 4.69) is 0 Å². The molecule has 3 rings (SSSR count). The zero-order valence-electron chi connectivity index (χ0n) is 16.4. The van der Waals surface area contributed by atoms with Crippen LogP contribution in [0, 0.1) is 10.1 Å². The average molecular weight is 440 g/mol. The Morgan fingerprint density at radius 2 is 1.40 bits per heavy atom. The van der Waals surface area contributed by atoms with E-state index < -0.39 is 14.9 Å². The number of piperazine rings is 1. The molecule has 2 fully saturated rings. The smallest absolute Gasteiger partial charge is 0.269 e. The minimum atomic E-state index is -3.79. The molecule has 2 amide bonds. The fourth-order valence-corrected chi connectivity index (χ4v) is 4.83. The Morgan fingerprint density at radius 3 is 1.90 bits per heavy atom. The fourth-order valence-electron chi connectivity index (χ4n) is 3.41. The summed E-state index contributed by atoms with van der Waals surface area (Å²) in [6.45, 7) is 2.80. The summed E-state index contributed by atoms with van der Waals surface area (Å²) in [5.41, 5.74) is -0.184. The molecular formula is C18H24N4O7S. The molecule has 2 heterocycles. The lowest BCUT2D eigenvalue weighted by Gasteiger charge is -2.34. The first kappa shape index (κ1) is 22.1.